The second kappa shape index (κ2) is 3.12. The van der Waals surface area contributed by atoms with E-state index in [1.807, 2.05) is 6.92 Å². The molecule has 2 N–H and O–H groups in total. The SMILES string of the molecule is Cc1nc(C2COCC2N)cs1. The van der Waals surface area contributed by atoms with Crippen LogP contribution in [0.1, 0.15) is 16.6 Å². The molecule has 0 aromatic carbocycles. The topological polar surface area (TPSA) is 48.1 Å². The van der Waals surface area contributed by atoms with Gasteiger partial charge in [0.15, 0.2) is 0 Å². The summed E-state index contributed by atoms with van der Waals surface area (Å²) < 4.78 is 5.27. The van der Waals surface area contributed by atoms with E-state index in [2.05, 4.69) is 10.4 Å². The number of thiazole rings is 1. The Morgan fingerprint density at radius 1 is 1.67 bits per heavy atom. The molecule has 0 amide bonds. The van der Waals surface area contributed by atoms with Crippen molar-refractivity contribution in [2.75, 3.05) is 13.2 Å². The molecule has 1 fully saturated rings. The fraction of sp³-hybridized carbons (Fsp3) is 0.625. The van der Waals surface area contributed by atoms with Crippen LogP contribution in [0.5, 0.6) is 0 Å². The first-order valence-corrected chi connectivity index (χ1v) is 4.90. The van der Waals surface area contributed by atoms with Crippen molar-refractivity contribution in [3.05, 3.63) is 16.1 Å². The smallest absolute Gasteiger partial charge is 0.0897 e. The van der Waals surface area contributed by atoms with Crippen LogP contribution < -0.4 is 5.73 Å². The van der Waals surface area contributed by atoms with Gasteiger partial charge in [-0.05, 0) is 6.92 Å². The summed E-state index contributed by atoms with van der Waals surface area (Å²) in [5, 5.41) is 3.18. The molecule has 1 aliphatic heterocycles. The second-order valence-corrected chi connectivity index (χ2v) is 4.16. The van der Waals surface area contributed by atoms with Crippen molar-refractivity contribution < 1.29 is 4.74 Å². The van der Waals surface area contributed by atoms with Gasteiger partial charge in [0.2, 0.25) is 0 Å². The van der Waals surface area contributed by atoms with Gasteiger partial charge >= 0.3 is 0 Å². The molecule has 1 aromatic heterocycles. The molecule has 2 unspecified atom stereocenters. The average molecular weight is 184 g/mol. The van der Waals surface area contributed by atoms with Crippen molar-refractivity contribution in [3.63, 3.8) is 0 Å². The van der Waals surface area contributed by atoms with Gasteiger partial charge in [-0.25, -0.2) is 4.98 Å². The number of ether oxygens (including phenoxy) is 1. The second-order valence-electron chi connectivity index (χ2n) is 3.10. The lowest BCUT2D eigenvalue weighted by molar-refractivity contribution is 0.190. The van der Waals surface area contributed by atoms with Gasteiger partial charge in [0.25, 0.3) is 0 Å². The number of hydrogen-bond donors (Lipinski definition) is 1. The zero-order chi connectivity index (χ0) is 8.55. The molecular weight excluding hydrogens is 172 g/mol. The molecule has 4 heteroatoms. The molecule has 12 heavy (non-hydrogen) atoms. The fourth-order valence-corrected chi connectivity index (χ4v) is 2.10. The predicted octanol–water partition coefficient (Wildman–Crippen LogP) is 0.893. The van der Waals surface area contributed by atoms with Gasteiger partial charge in [-0.3, -0.25) is 0 Å². The van der Waals surface area contributed by atoms with Crippen molar-refractivity contribution >= 4 is 11.3 Å². The lowest BCUT2D eigenvalue weighted by Gasteiger charge is -2.08. The molecule has 1 aliphatic rings. The highest BCUT2D eigenvalue weighted by molar-refractivity contribution is 7.09. The van der Waals surface area contributed by atoms with Crippen molar-refractivity contribution in [3.8, 4) is 0 Å². The van der Waals surface area contributed by atoms with E-state index in [0.29, 0.717) is 12.5 Å². The van der Waals surface area contributed by atoms with Crippen LogP contribution in [0.3, 0.4) is 0 Å². The zero-order valence-electron chi connectivity index (χ0n) is 6.99. The Kier molecular flexibility index (Phi) is 2.12. The maximum atomic E-state index is 5.86. The van der Waals surface area contributed by atoms with Crippen molar-refractivity contribution in [1.29, 1.82) is 0 Å². The molecule has 1 aromatic rings. The van der Waals surface area contributed by atoms with Gasteiger partial charge < -0.3 is 10.5 Å². The number of rotatable bonds is 1. The van der Waals surface area contributed by atoms with E-state index in [1.165, 1.54) is 0 Å². The molecule has 0 bridgehead atoms. The highest BCUT2D eigenvalue weighted by Crippen LogP contribution is 2.25. The summed E-state index contributed by atoms with van der Waals surface area (Å²) >= 11 is 1.67. The quantitative estimate of drug-likeness (QED) is 0.705. The van der Waals surface area contributed by atoms with Gasteiger partial charge in [0.05, 0.1) is 23.9 Å². The standard InChI is InChI=1S/C8H12N2OS/c1-5-10-8(4-12-5)6-2-11-3-7(6)9/h4,6-7H,2-3,9H2,1H3. The van der Waals surface area contributed by atoms with Crippen LogP contribution in [0.2, 0.25) is 0 Å². The number of nitrogens with two attached hydrogens (primary N) is 1. The Balaban J connectivity index is 2.19. The van der Waals surface area contributed by atoms with Crippen molar-refractivity contribution in [2.45, 2.75) is 18.9 Å². The Labute approximate surface area is 75.6 Å². The van der Waals surface area contributed by atoms with Crippen LogP contribution in [0.4, 0.5) is 0 Å². The summed E-state index contributed by atoms with van der Waals surface area (Å²) in [6.07, 6.45) is 0. The van der Waals surface area contributed by atoms with Crippen LogP contribution in [0.25, 0.3) is 0 Å². The summed E-state index contributed by atoms with van der Waals surface area (Å²) in [6, 6.07) is 0.131. The minimum atomic E-state index is 0.131. The molecule has 2 heterocycles. The molecule has 3 nitrogen and oxygen atoms in total. The van der Waals surface area contributed by atoms with E-state index < -0.39 is 0 Å². The van der Waals surface area contributed by atoms with Crippen LogP contribution in [-0.2, 0) is 4.74 Å². The monoisotopic (exact) mass is 184 g/mol. The Hall–Kier alpha value is -0.450. The first kappa shape index (κ1) is 8.16. The van der Waals surface area contributed by atoms with Crippen LogP contribution in [0, 0.1) is 6.92 Å². The average Bonchev–Trinajstić information content (AvgIpc) is 2.58. The highest BCUT2D eigenvalue weighted by atomic mass is 32.1. The molecule has 0 radical (unpaired) electrons. The molecule has 0 aliphatic carbocycles. The largest absolute Gasteiger partial charge is 0.379 e. The number of nitrogens with zero attached hydrogens (tertiary/aromatic N) is 1. The molecule has 0 spiro atoms. The predicted molar refractivity (Wildman–Crippen MR) is 48.4 cm³/mol. The third-order valence-corrected chi connectivity index (χ3v) is 2.93. The van der Waals surface area contributed by atoms with E-state index in [0.717, 1.165) is 17.3 Å². The van der Waals surface area contributed by atoms with Gasteiger partial charge in [-0.1, -0.05) is 0 Å². The molecule has 2 atom stereocenters. The molecule has 0 saturated carbocycles. The third kappa shape index (κ3) is 1.37. The van der Waals surface area contributed by atoms with E-state index in [-0.39, 0.29) is 6.04 Å². The van der Waals surface area contributed by atoms with E-state index in [4.69, 9.17) is 10.5 Å². The van der Waals surface area contributed by atoms with Crippen molar-refractivity contribution in [1.82, 2.24) is 4.98 Å². The number of aryl methyl sites for hydroxylation is 1. The van der Waals surface area contributed by atoms with Crippen LogP contribution >= 0.6 is 11.3 Å². The summed E-state index contributed by atoms with van der Waals surface area (Å²) in [5.74, 6) is 0.315. The summed E-state index contributed by atoms with van der Waals surface area (Å²) in [4.78, 5) is 4.40. The Morgan fingerprint density at radius 3 is 3.00 bits per heavy atom. The van der Waals surface area contributed by atoms with E-state index >= 15 is 0 Å². The lowest BCUT2D eigenvalue weighted by atomic mass is 10.0. The van der Waals surface area contributed by atoms with Gasteiger partial charge in [-0.15, -0.1) is 11.3 Å². The zero-order valence-corrected chi connectivity index (χ0v) is 7.80. The molecule has 1 saturated heterocycles. The number of hydrogen-bond acceptors (Lipinski definition) is 4. The Morgan fingerprint density at radius 2 is 2.50 bits per heavy atom. The minimum absolute atomic E-state index is 0.131. The normalized spacial score (nSPS) is 29.5. The lowest BCUT2D eigenvalue weighted by Crippen LogP contribution is -2.26. The molecule has 2 rings (SSSR count). The molecular formula is C8H12N2OS. The number of aromatic nitrogens is 1. The van der Waals surface area contributed by atoms with Gasteiger partial charge in [0.1, 0.15) is 0 Å². The third-order valence-electron chi connectivity index (χ3n) is 2.14. The first-order valence-electron chi connectivity index (χ1n) is 4.02. The van der Waals surface area contributed by atoms with Gasteiger partial charge in [-0.2, -0.15) is 0 Å². The maximum absolute atomic E-state index is 5.86. The van der Waals surface area contributed by atoms with Gasteiger partial charge in [0, 0.05) is 17.3 Å². The van der Waals surface area contributed by atoms with E-state index in [9.17, 15) is 0 Å². The van der Waals surface area contributed by atoms with Crippen molar-refractivity contribution in [2.24, 2.45) is 5.73 Å². The maximum Gasteiger partial charge on any atom is 0.0897 e. The van der Waals surface area contributed by atoms with Crippen LogP contribution in [-0.4, -0.2) is 24.2 Å². The summed E-state index contributed by atoms with van der Waals surface area (Å²) in [5.41, 5.74) is 6.96. The molecule has 66 valence electrons. The first-order chi connectivity index (χ1) is 5.77. The fourth-order valence-electron chi connectivity index (χ4n) is 1.43. The highest BCUT2D eigenvalue weighted by Gasteiger charge is 2.27. The summed E-state index contributed by atoms with van der Waals surface area (Å²) in [7, 11) is 0. The van der Waals surface area contributed by atoms with E-state index in [1.54, 1.807) is 11.3 Å². The summed E-state index contributed by atoms with van der Waals surface area (Å²) in [6.45, 7) is 3.40. The Bertz CT molecular complexity index is 274. The van der Waals surface area contributed by atoms with Crippen LogP contribution in [0.15, 0.2) is 5.38 Å². The minimum Gasteiger partial charge on any atom is -0.379 e.